The molecule has 0 amide bonds. The highest BCUT2D eigenvalue weighted by Crippen LogP contribution is 2.66. The highest BCUT2D eigenvalue weighted by Gasteiger charge is 2.61. The van der Waals surface area contributed by atoms with Crippen LogP contribution in [0.25, 0.3) is 0 Å². The SMILES string of the molecule is CCC(CC[C@@H](C)[C@H]1CC[C@H]2[C@@H]3C(=O)C=C4CC(O)CC[C@]4(C)[C@H]3CC[C@]12C)C(C)C. The Bertz CT molecular complexity index is 708. The molecular formula is C29H48O2. The minimum atomic E-state index is -0.243. The number of aliphatic hydroxyl groups is 1. The van der Waals surface area contributed by atoms with Gasteiger partial charge >= 0.3 is 0 Å². The molecule has 0 aromatic rings. The summed E-state index contributed by atoms with van der Waals surface area (Å²) in [6, 6.07) is 0. The van der Waals surface area contributed by atoms with Gasteiger partial charge in [0.1, 0.15) is 0 Å². The van der Waals surface area contributed by atoms with Gasteiger partial charge in [-0.05, 0) is 104 Å². The van der Waals surface area contributed by atoms with Gasteiger partial charge in [0.25, 0.3) is 0 Å². The summed E-state index contributed by atoms with van der Waals surface area (Å²) in [6.07, 6.45) is 13.5. The molecule has 0 radical (unpaired) electrons. The lowest BCUT2D eigenvalue weighted by Crippen LogP contribution is -2.53. The smallest absolute Gasteiger partial charge is 0.159 e. The van der Waals surface area contributed by atoms with Crippen LogP contribution < -0.4 is 0 Å². The number of allylic oxidation sites excluding steroid dienone is 1. The van der Waals surface area contributed by atoms with Crippen molar-refractivity contribution in [2.75, 3.05) is 0 Å². The van der Waals surface area contributed by atoms with Gasteiger partial charge in [-0.25, -0.2) is 0 Å². The molecule has 0 aliphatic heterocycles. The van der Waals surface area contributed by atoms with Gasteiger partial charge < -0.3 is 5.11 Å². The topological polar surface area (TPSA) is 37.3 Å². The van der Waals surface area contributed by atoms with Crippen molar-refractivity contribution in [3.63, 3.8) is 0 Å². The van der Waals surface area contributed by atoms with Gasteiger partial charge in [0, 0.05) is 5.92 Å². The Labute approximate surface area is 191 Å². The van der Waals surface area contributed by atoms with E-state index >= 15 is 0 Å². The molecule has 0 bridgehead atoms. The second-order valence-electron chi connectivity index (χ2n) is 12.8. The van der Waals surface area contributed by atoms with Gasteiger partial charge in [-0.15, -0.1) is 0 Å². The predicted octanol–water partition coefficient (Wildman–Crippen LogP) is 7.20. The maximum atomic E-state index is 13.5. The van der Waals surface area contributed by atoms with Crippen molar-refractivity contribution in [2.24, 2.45) is 52.3 Å². The van der Waals surface area contributed by atoms with Crippen molar-refractivity contribution in [3.8, 4) is 0 Å². The summed E-state index contributed by atoms with van der Waals surface area (Å²) in [4.78, 5) is 13.5. The number of fused-ring (bicyclic) bond motifs is 5. The third kappa shape index (κ3) is 3.87. The van der Waals surface area contributed by atoms with Crippen LogP contribution in [0.15, 0.2) is 11.6 Å². The number of hydrogen-bond acceptors (Lipinski definition) is 2. The van der Waals surface area contributed by atoms with Crippen molar-refractivity contribution >= 4 is 5.78 Å². The zero-order valence-corrected chi connectivity index (χ0v) is 21.1. The van der Waals surface area contributed by atoms with Gasteiger partial charge in [0.15, 0.2) is 5.78 Å². The number of rotatable bonds is 6. The lowest BCUT2D eigenvalue weighted by Gasteiger charge is -2.57. The van der Waals surface area contributed by atoms with E-state index in [0.717, 1.165) is 42.9 Å². The average molecular weight is 429 g/mol. The molecule has 2 nitrogen and oxygen atoms in total. The summed E-state index contributed by atoms with van der Waals surface area (Å²) in [5, 5.41) is 10.2. The van der Waals surface area contributed by atoms with E-state index in [-0.39, 0.29) is 17.4 Å². The van der Waals surface area contributed by atoms with E-state index in [1.54, 1.807) is 0 Å². The lowest BCUT2D eigenvalue weighted by atomic mass is 9.46. The number of ketones is 1. The van der Waals surface area contributed by atoms with Crippen molar-refractivity contribution in [1.82, 2.24) is 0 Å². The predicted molar refractivity (Wildman–Crippen MR) is 129 cm³/mol. The van der Waals surface area contributed by atoms with Gasteiger partial charge in [0.2, 0.25) is 0 Å². The minimum absolute atomic E-state index is 0.147. The van der Waals surface area contributed by atoms with Crippen molar-refractivity contribution in [1.29, 1.82) is 0 Å². The van der Waals surface area contributed by atoms with E-state index in [4.69, 9.17) is 0 Å². The number of aliphatic hydroxyl groups excluding tert-OH is 1. The molecule has 4 aliphatic carbocycles. The van der Waals surface area contributed by atoms with Crippen LogP contribution in [0.5, 0.6) is 0 Å². The quantitative estimate of drug-likeness (QED) is 0.485. The Kier molecular flexibility index (Phi) is 6.54. The lowest BCUT2D eigenvalue weighted by molar-refractivity contribution is -0.135. The van der Waals surface area contributed by atoms with Crippen molar-refractivity contribution < 1.29 is 9.90 Å². The summed E-state index contributed by atoms with van der Waals surface area (Å²) in [7, 11) is 0. The first-order valence-corrected chi connectivity index (χ1v) is 13.5. The molecule has 0 spiro atoms. The zero-order chi connectivity index (χ0) is 22.6. The summed E-state index contributed by atoms with van der Waals surface area (Å²) in [5.74, 6) is 4.90. The van der Waals surface area contributed by atoms with E-state index < -0.39 is 0 Å². The van der Waals surface area contributed by atoms with E-state index in [0.29, 0.717) is 23.0 Å². The van der Waals surface area contributed by atoms with Gasteiger partial charge in [-0.2, -0.15) is 0 Å². The molecule has 3 saturated carbocycles. The fraction of sp³-hybridized carbons (Fsp3) is 0.897. The van der Waals surface area contributed by atoms with E-state index in [2.05, 4.69) is 41.5 Å². The zero-order valence-electron chi connectivity index (χ0n) is 21.1. The third-order valence-electron chi connectivity index (χ3n) is 11.1. The second kappa shape index (κ2) is 8.62. The second-order valence-corrected chi connectivity index (χ2v) is 12.8. The van der Waals surface area contributed by atoms with Crippen LogP contribution in [0.3, 0.4) is 0 Å². The molecule has 4 aliphatic rings. The Morgan fingerprint density at radius 1 is 1.03 bits per heavy atom. The highest BCUT2D eigenvalue weighted by molar-refractivity contribution is 5.94. The molecule has 0 aromatic carbocycles. The first kappa shape index (κ1) is 23.5. The van der Waals surface area contributed by atoms with E-state index in [9.17, 15) is 9.90 Å². The Morgan fingerprint density at radius 2 is 1.77 bits per heavy atom. The van der Waals surface area contributed by atoms with Crippen LogP contribution in [-0.4, -0.2) is 17.0 Å². The van der Waals surface area contributed by atoms with Gasteiger partial charge in [-0.1, -0.05) is 60.0 Å². The minimum Gasteiger partial charge on any atom is -0.393 e. The standard InChI is InChI=1S/C29H48O2/c1-7-20(18(2)3)9-8-19(4)23-10-11-24-27-25(13-15-29(23,24)6)28(5)14-12-22(30)16-21(28)17-26(27)31/h17-20,22-25,27,30H,7-16H2,1-6H3/t19-,20?,22?,23-,24+,25+,27+,28+,29-/m1/s1. The summed E-state index contributed by atoms with van der Waals surface area (Å²) < 4.78 is 0. The van der Waals surface area contributed by atoms with E-state index in [1.165, 1.54) is 50.5 Å². The Hall–Kier alpha value is -0.630. The molecule has 2 unspecified atom stereocenters. The number of hydrogen-bond donors (Lipinski definition) is 1. The first-order valence-electron chi connectivity index (χ1n) is 13.5. The number of carbonyl (C=O) groups excluding carboxylic acids is 1. The monoisotopic (exact) mass is 428 g/mol. The largest absolute Gasteiger partial charge is 0.393 e. The van der Waals surface area contributed by atoms with Crippen molar-refractivity contribution in [2.45, 2.75) is 112 Å². The third-order valence-corrected chi connectivity index (χ3v) is 11.1. The molecular weight excluding hydrogens is 380 g/mol. The summed E-state index contributed by atoms with van der Waals surface area (Å²) in [5.41, 5.74) is 1.75. The fourth-order valence-electron chi connectivity index (χ4n) is 9.04. The summed E-state index contributed by atoms with van der Waals surface area (Å²) in [6.45, 7) is 14.6. The van der Waals surface area contributed by atoms with Crippen molar-refractivity contribution in [3.05, 3.63) is 11.6 Å². The molecule has 0 saturated heterocycles. The molecule has 9 atom stereocenters. The van der Waals surface area contributed by atoms with Crippen LogP contribution in [0, 0.1) is 52.3 Å². The molecule has 3 fully saturated rings. The number of carbonyl (C=O) groups is 1. The normalized spacial score (nSPS) is 44.3. The van der Waals surface area contributed by atoms with Crippen LogP contribution in [0.1, 0.15) is 106 Å². The van der Waals surface area contributed by atoms with Gasteiger partial charge in [0.05, 0.1) is 6.10 Å². The fourth-order valence-corrected chi connectivity index (χ4v) is 9.04. The Balaban J connectivity index is 1.52. The van der Waals surface area contributed by atoms with Gasteiger partial charge in [-0.3, -0.25) is 4.79 Å². The highest BCUT2D eigenvalue weighted by atomic mass is 16.3. The molecule has 4 rings (SSSR count). The molecule has 1 N–H and O–H groups in total. The maximum Gasteiger partial charge on any atom is 0.159 e. The Morgan fingerprint density at radius 3 is 2.45 bits per heavy atom. The summed E-state index contributed by atoms with van der Waals surface area (Å²) >= 11 is 0. The molecule has 176 valence electrons. The van der Waals surface area contributed by atoms with Crippen LogP contribution >= 0.6 is 0 Å². The maximum absolute atomic E-state index is 13.5. The van der Waals surface area contributed by atoms with Crippen LogP contribution in [0.2, 0.25) is 0 Å². The van der Waals surface area contributed by atoms with Crippen LogP contribution in [-0.2, 0) is 4.79 Å². The molecule has 0 aromatic heterocycles. The molecule has 0 heterocycles. The molecule has 2 heteroatoms. The first-order chi connectivity index (χ1) is 14.6. The molecule has 31 heavy (non-hydrogen) atoms. The van der Waals surface area contributed by atoms with Crippen LogP contribution in [0.4, 0.5) is 0 Å². The van der Waals surface area contributed by atoms with E-state index in [1.807, 2.05) is 6.08 Å². The average Bonchev–Trinajstić information content (AvgIpc) is 3.06.